The highest BCUT2D eigenvalue weighted by Crippen LogP contribution is 2.13. The van der Waals surface area contributed by atoms with Crippen LogP contribution in [0.4, 0.5) is 0 Å². The molecule has 0 fully saturated rings. The number of primary amides is 1. The molecule has 0 unspecified atom stereocenters. The van der Waals surface area contributed by atoms with Gasteiger partial charge in [-0.25, -0.2) is 4.98 Å². The summed E-state index contributed by atoms with van der Waals surface area (Å²) in [6, 6.07) is 0. The van der Waals surface area contributed by atoms with Crippen LogP contribution < -0.4 is 5.73 Å². The molecule has 0 saturated carbocycles. The molecule has 1 aromatic heterocycles. The summed E-state index contributed by atoms with van der Waals surface area (Å²) in [5.74, 6) is -0.119. The van der Waals surface area contributed by atoms with Crippen LogP contribution in [0.5, 0.6) is 0 Å². The number of nitrogens with zero attached hydrogens (tertiary/aromatic N) is 1. The molecule has 1 rings (SSSR count). The first-order valence-electron chi connectivity index (χ1n) is 2.54. The molecule has 0 aliphatic rings. The van der Waals surface area contributed by atoms with Crippen molar-refractivity contribution >= 4 is 28.8 Å². The van der Waals surface area contributed by atoms with Gasteiger partial charge in [0, 0.05) is 11.1 Å². The molecule has 2 N–H and O–H groups in total. The van der Waals surface area contributed by atoms with Gasteiger partial charge in [-0.1, -0.05) is 0 Å². The summed E-state index contributed by atoms with van der Waals surface area (Å²) in [4.78, 5) is 15.1. The van der Waals surface area contributed by atoms with Crippen molar-refractivity contribution in [1.82, 2.24) is 4.98 Å². The number of hydrogen-bond acceptors (Lipinski definition) is 3. The van der Waals surface area contributed by atoms with Gasteiger partial charge in [0.1, 0.15) is 0 Å². The number of nitrogens with two attached hydrogens (primary N) is 1. The van der Waals surface area contributed by atoms with Gasteiger partial charge in [-0.2, -0.15) is 0 Å². The molecule has 0 aliphatic carbocycles. The lowest BCUT2D eigenvalue weighted by molar-refractivity contribution is 0.1000. The third kappa shape index (κ3) is 1.46. The van der Waals surface area contributed by atoms with Crippen molar-refractivity contribution in [2.45, 2.75) is 5.88 Å². The SMILES string of the molecule is NC(=O)c1ncc(CCl)s1. The molecule has 10 heavy (non-hydrogen) atoms. The van der Waals surface area contributed by atoms with Crippen LogP contribution in [0.1, 0.15) is 14.7 Å². The van der Waals surface area contributed by atoms with Crippen LogP contribution in [0.15, 0.2) is 6.20 Å². The summed E-state index contributed by atoms with van der Waals surface area (Å²) in [6.07, 6.45) is 1.55. The molecule has 1 heterocycles. The van der Waals surface area contributed by atoms with E-state index in [9.17, 15) is 4.79 Å². The molecule has 0 atom stereocenters. The predicted molar refractivity (Wildman–Crippen MR) is 40.2 cm³/mol. The molecule has 5 heteroatoms. The van der Waals surface area contributed by atoms with Crippen LogP contribution in [0.25, 0.3) is 0 Å². The first-order valence-corrected chi connectivity index (χ1v) is 3.89. The maximum atomic E-state index is 10.5. The largest absolute Gasteiger partial charge is 0.364 e. The zero-order chi connectivity index (χ0) is 7.56. The summed E-state index contributed by atoms with van der Waals surface area (Å²) in [5.41, 5.74) is 4.95. The number of alkyl halides is 1. The van der Waals surface area contributed by atoms with Gasteiger partial charge < -0.3 is 5.73 Å². The van der Waals surface area contributed by atoms with Crippen LogP contribution >= 0.6 is 22.9 Å². The van der Waals surface area contributed by atoms with Gasteiger partial charge >= 0.3 is 0 Å². The van der Waals surface area contributed by atoms with Gasteiger partial charge in [-0.3, -0.25) is 4.79 Å². The zero-order valence-electron chi connectivity index (χ0n) is 5.00. The summed E-state index contributed by atoms with van der Waals surface area (Å²) >= 11 is 6.69. The van der Waals surface area contributed by atoms with E-state index in [1.807, 2.05) is 0 Å². The van der Waals surface area contributed by atoms with Gasteiger partial charge in [0.2, 0.25) is 0 Å². The second-order valence-electron chi connectivity index (χ2n) is 1.63. The second-order valence-corrected chi connectivity index (χ2v) is 3.01. The fraction of sp³-hybridized carbons (Fsp3) is 0.200. The first kappa shape index (κ1) is 7.50. The van der Waals surface area contributed by atoms with E-state index in [1.165, 1.54) is 11.3 Å². The Morgan fingerprint density at radius 1 is 1.90 bits per heavy atom. The van der Waals surface area contributed by atoms with Gasteiger partial charge in [0.25, 0.3) is 5.91 Å². The van der Waals surface area contributed by atoms with Crippen molar-refractivity contribution in [1.29, 1.82) is 0 Å². The van der Waals surface area contributed by atoms with E-state index in [2.05, 4.69) is 4.98 Å². The Morgan fingerprint density at radius 2 is 2.60 bits per heavy atom. The standard InChI is InChI=1S/C5H5ClN2OS/c6-1-3-2-8-5(10-3)4(7)9/h2H,1H2,(H2,7,9). The molecule has 0 radical (unpaired) electrons. The molecular weight excluding hydrogens is 172 g/mol. The van der Waals surface area contributed by atoms with Crippen molar-refractivity contribution in [2.24, 2.45) is 5.73 Å². The van der Waals surface area contributed by atoms with E-state index in [4.69, 9.17) is 17.3 Å². The lowest BCUT2D eigenvalue weighted by Crippen LogP contribution is -2.09. The van der Waals surface area contributed by atoms with Crippen LogP contribution in [-0.2, 0) is 5.88 Å². The van der Waals surface area contributed by atoms with E-state index in [0.717, 1.165) is 4.88 Å². The number of carbonyl (C=O) groups is 1. The number of halogens is 1. The molecule has 0 spiro atoms. The van der Waals surface area contributed by atoms with Crippen LogP contribution in [0, 0.1) is 0 Å². The van der Waals surface area contributed by atoms with Gasteiger partial charge in [-0.05, 0) is 0 Å². The minimum Gasteiger partial charge on any atom is -0.364 e. The first-order chi connectivity index (χ1) is 4.74. The topological polar surface area (TPSA) is 56.0 Å². The normalized spacial score (nSPS) is 9.70. The molecule has 0 bridgehead atoms. The molecule has 3 nitrogen and oxygen atoms in total. The van der Waals surface area contributed by atoms with Crippen LogP contribution in [0.3, 0.4) is 0 Å². The number of thiazole rings is 1. The number of aromatic nitrogens is 1. The fourth-order valence-electron chi connectivity index (χ4n) is 0.483. The summed E-state index contributed by atoms with van der Waals surface area (Å²) in [7, 11) is 0. The average Bonchev–Trinajstić information content (AvgIpc) is 2.34. The van der Waals surface area contributed by atoms with Crippen LogP contribution in [0.2, 0.25) is 0 Å². The monoisotopic (exact) mass is 176 g/mol. The van der Waals surface area contributed by atoms with Gasteiger partial charge in [0.05, 0.1) is 5.88 Å². The molecule has 1 aromatic rings. The summed E-state index contributed by atoms with van der Waals surface area (Å²) in [5, 5.41) is 0.315. The summed E-state index contributed by atoms with van der Waals surface area (Å²) < 4.78 is 0. The third-order valence-electron chi connectivity index (χ3n) is 0.896. The van der Waals surface area contributed by atoms with Gasteiger partial charge in [0.15, 0.2) is 5.01 Å². The molecule has 1 amide bonds. The Hall–Kier alpha value is -0.610. The Balaban J connectivity index is 2.88. The maximum absolute atomic E-state index is 10.5. The van der Waals surface area contributed by atoms with Gasteiger partial charge in [-0.15, -0.1) is 22.9 Å². The smallest absolute Gasteiger partial charge is 0.277 e. The second kappa shape index (κ2) is 2.98. The minimum absolute atomic E-state index is 0.315. The lowest BCUT2D eigenvalue weighted by Gasteiger charge is -1.81. The quantitative estimate of drug-likeness (QED) is 0.683. The molecule has 0 saturated heterocycles. The number of carbonyl (C=O) groups excluding carboxylic acids is 1. The molecule has 0 aromatic carbocycles. The lowest BCUT2D eigenvalue weighted by atomic mass is 10.6. The highest BCUT2D eigenvalue weighted by molar-refractivity contribution is 7.13. The minimum atomic E-state index is -0.499. The van der Waals surface area contributed by atoms with E-state index >= 15 is 0 Å². The number of rotatable bonds is 2. The van der Waals surface area contributed by atoms with E-state index in [-0.39, 0.29) is 0 Å². The van der Waals surface area contributed by atoms with E-state index in [1.54, 1.807) is 6.20 Å². The van der Waals surface area contributed by atoms with Crippen LogP contribution in [-0.4, -0.2) is 10.9 Å². The Kier molecular flexibility index (Phi) is 2.24. The predicted octanol–water partition coefficient (Wildman–Crippen LogP) is 0.981. The Bertz CT molecular complexity index is 248. The van der Waals surface area contributed by atoms with Crippen molar-refractivity contribution < 1.29 is 4.79 Å². The van der Waals surface area contributed by atoms with E-state index < -0.39 is 5.91 Å². The van der Waals surface area contributed by atoms with E-state index in [0.29, 0.717) is 10.9 Å². The molecular formula is C5H5ClN2OS. The third-order valence-corrected chi connectivity index (χ3v) is 2.35. The molecule has 0 aliphatic heterocycles. The highest BCUT2D eigenvalue weighted by Gasteiger charge is 2.04. The summed E-state index contributed by atoms with van der Waals surface area (Å²) in [6.45, 7) is 0. The number of hydrogen-bond donors (Lipinski definition) is 1. The average molecular weight is 177 g/mol. The Morgan fingerprint density at radius 3 is 2.90 bits per heavy atom. The Labute approximate surface area is 66.8 Å². The van der Waals surface area contributed by atoms with Crippen molar-refractivity contribution in [3.8, 4) is 0 Å². The highest BCUT2D eigenvalue weighted by atomic mass is 35.5. The van der Waals surface area contributed by atoms with Crippen molar-refractivity contribution in [3.63, 3.8) is 0 Å². The fourth-order valence-corrected chi connectivity index (χ4v) is 1.33. The van der Waals surface area contributed by atoms with Crippen molar-refractivity contribution in [3.05, 3.63) is 16.1 Å². The number of amides is 1. The zero-order valence-corrected chi connectivity index (χ0v) is 6.58. The maximum Gasteiger partial charge on any atom is 0.277 e. The molecule has 54 valence electrons. The van der Waals surface area contributed by atoms with Crippen molar-refractivity contribution in [2.75, 3.05) is 0 Å².